The van der Waals surface area contributed by atoms with Crippen molar-refractivity contribution in [2.75, 3.05) is 12.3 Å². The van der Waals surface area contributed by atoms with Crippen LogP contribution in [0.4, 0.5) is 5.69 Å². The highest BCUT2D eigenvalue weighted by molar-refractivity contribution is 5.66. The summed E-state index contributed by atoms with van der Waals surface area (Å²) in [5.41, 5.74) is 7.15. The summed E-state index contributed by atoms with van der Waals surface area (Å²) in [4.78, 5) is 10.2. The molecule has 0 fully saturated rings. The maximum Gasteiger partial charge on any atom is 0.306 e. The molecular weight excluding hydrogens is 182 g/mol. The minimum atomic E-state index is -0.869. The fourth-order valence-electron chi connectivity index (χ4n) is 1.04. The number of benzene rings is 1. The van der Waals surface area contributed by atoms with Gasteiger partial charge in [-0.3, -0.25) is 4.79 Å². The molecule has 0 atom stereocenters. The molecule has 0 saturated heterocycles. The summed E-state index contributed by atoms with van der Waals surface area (Å²) in [7, 11) is 0. The van der Waals surface area contributed by atoms with Crippen molar-refractivity contribution in [1.29, 1.82) is 0 Å². The predicted molar refractivity (Wildman–Crippen MR) is 53.3 cm³/mol. The summed E-state index contributed by atoms with van der Waals surface area (Å²) in [6.45, 7) is 2.01. The van der Waals surface area contributed by atoms with Crippen LogP contribution in [0, 0.1) is 6.92 Å². The van der Waals surface area contributed by atoms with Gasteiger partial charge >= 0.3 is 5.97 Å². The zero-order valence-electron chi connectivity index (χ0n) is 7.99. The van der Waals surface area contributed by atoms with Crippen molar-refractivity contribution < 1.29 is 14.6 Å². The standard InChI is InChI=1S/C10H13NO3/c1-7-8(11)3-2-4-9(7)14-6-5-10(12)13/h2-4H,5-6,11H2,1H3,(H,12,13). The molecule has 76 valence electrons. The van der Waals surface area contributed by atoms with Crippen LogP contribution in [-0.4, -0.2) is 17.7 Å². The van der Waals surface area contributed by atoms with Crippen LogP contribution in [0.3, 0.4) is 0 Å². The van der Waals surface area contributed by atoms with E-state index in [1.165, 1.54) is 0 Å². The Kier molecular flexibility index (Phi) is 3.34. The van der Waals surface area contributed by atoms with E-state index in [1.807, 2.05) is 6.92 Å². The Morgan fingerprint density at radius 1 is 1.57 bits per heavy atom. The summed E-state index contributed by atoms with van der Waals surface area (Å²) in [5, 5.41) is 8.41. The van der Waals surface area contributed by atoms with E-state index in [4.69, 9.17) is 15.6 Å². The number of carbonyl (C=O) groups is 1. The molecule has 0 radical (unpaired) electrons. The van der Waals surface area contributed by atoms with E-state index < -0.39 is 5.97 Å². The van der Waals surface area contributed by atoms with Gasteiger partial charge in [0.15, 0.2) is 0 Å². The third-order valence-corrected chi connectivity index (χ3v) is 1.90. The molecule has 1 aromatic carbocycles. The average molecular weight is 195 g/mol. The highest BCUT2D eigenvalue weighted by Crippen LogP contribution is 2.22. The van der Waals surface area contributed by atoms with Crippen LogP contribution in [0.2, 0.25) is 0 Å². The highest BCUT2D eigenvalue weighted by Gasteiger charge is 2.03. The second-order valence-electron chi connectivity index (χ2n) is 2.96. The van der Waals surface area contributed by atoms with Gasteiger partial charge in [-0.05, 0) is 19.1 Å². The van der Waals surface area contributed by atoms with Crippen molar-refractivity contribution >= 4 is 11.7 Å². The van der Waals surface area contributed by atoms with Gasteiger partial charge in [0, 0.05) is 11.3 Å². The molecule has 0 aromatic heterocycles. The van der Waals surface area contributed by atoms with Crippen molar-refractivity contribution in [3.8, 4) is 5.75 Å². The number of anilines is 1. The van der Waals surface area contributed by atoms with Crippen LogP contribution in [0.15, 0.2) is 18.2 Å². The first-order valence-corrected chi connectivity index (χ1v) is 4.31. The van der Waals surface area contributed by atoms with Gasteiger partial charge < -0.3 is 15.6 Å². The lowest BCUT2D eigenvalue weighted by Gasteiger charge is -2.09. The number of hydrogen-bond donors (Lipinski definition) is 2. The summed E-state index contributed by atoms with van der Waals surface area (Å²) < 4.78 is 5.27. The second kappa shape index (κ2) is 4.50. The van der Waals surface area contributed by atoms with Crippen LogP contribution in [0.1, 0.15) is 12.0 Å². The number of aliphatic carboxylic acids is 1. The molecule has 0 aliphatic heterocycles. The van der Waals surface area contributed by atoms with Crippen LogP contribution in [0.25, 0.3) is 0 Å². The highest BCUT2D eigenvalue weighted by atomic mass is 16.5. The monoisotopic (exact) mass is 195 g/mol. The molecule has 0 heterocycles. The smallest absolute Gasteiger partial charge is 0.306 e. The van der Waals surface area contributed by atoms with Crippen molar-refractivity contribution in [2.45, 2.75) is 13.3 Å². The van der Waals surface area contributed by atoms with Crippen LogP contribution < -0.4 is 10.5 Å². The molecule has 14 heavy (non-hydrogen) atoms. The van der Waals surface area contributed by atoms with Crippen LogP contribution >= 0.6 is 0 Å². The molecule has 0 aliphatic carbocycles. The Bertz CT molecular complexity index is 336. The minimum Gasteiger partial charge on any atom is -0.493 e. The number of hydrogen-bond acceptors (Lipinski definition) is 3. The number of rotatable bonds is 4. The molecule has 4 heteroatoms. The number of nitrogen functional groups attached to an aromatic ring is 1. The van der Waals surface area contributed by atoms with Gasteiger partial charge in [-0.15, -0.1) is 0 Å². The third-order valence-electron chi connectivity index (χ3n) is 1.90. The Morgan fingerprint density at radius 3 is 2.93 bits per heavy atom. The topological polar surface area (TPSA) is 72.5 Å². The Morgan fingerprint density at radius 2 is 2.29 bits per heavy atom. The van der Waals surface area contributed by atoms with Gasteiger partial charge in [0.2, 0.25) is 0 Å². The lowest BCUT2D eigenvalue weighted by atomic mass is 10.2. The number of carboxylic acid groups (broad SMARTS) is 1. The van der Waals surface area contributed by atoms with Crippen molar-refractivity contribution in [3.05, 3.63) is 23.8 Å². The molecule has 0 aliphatic rings. The van der Waals surface area contributed by atoms with Crippen LogP contribution in [0.5, 0.6) is 5.75 Å². The van der Waals surface area contributed by atoms with E-state index in [1.54, 1.807) is 18.2 Å². The molecule has 4 nitrogen and oxygen atoms in total. The minimum absolute atomic E-state index is 0.00572. The molecular formula is C10H13NO3. The van der Waals surface area contributed by atoms with E-state index in [0.717, 1.165) is 5.56 Å². The maximum atomic E-state index is 10.2. The third kappa shape index (κ3) is 2.65. The lowest BCUT2D eigenvalue weighted by Crippen LogP contribution is -2.06. The summed E-state index contributed by atoms with van der Waals surface area (Å²) in [5.74, 6) is -0.224. The zero-order chi connectivity index (χ0) is 10.6. The van der Waals surface area contributed by atoms with Gasteiger partial charge in [-0.25, -0.2) is 0 Å². The Hall–Kier alpha value is -1.71. The van der Waals surface area contributed by atoms with Crippen molar-refractivity contribution in [2.24, 2.45) is 0 Å². The van der Waals surface area contributed by atoms with Crippen molar-refractivity contribution in [3.63, 3.8) is 0 Å². The quantitative estimate of drug-likeness (QED) is 0.713. The van der Waals surface area contributed by atoms with Gasteiger partial charge in [0.05, 0.1) is 13.0 Å². The Labute approximate surface area is 82.3 Å². The van der Waals surface area contributed by atoms with E-state index in [-0.39, 0.29) is 13.0 Å². The largest absolute Gasteiger partial charge is 0.493 e. The molecule has 1 rings (SSSR count). The molecule has 0 saturated carbocycles. The first kappa shape index (κ1) is 10.4. The molecule has 0 unspecified atom stereocenters. The molecule has 3 N–H and O–H groups in total. The normalized spacial score (nSPS) is 9.79. The number of carboxylic acids is 1. The summed E-state index contributed by atoms with van der Waals surface area (Å²) in [6.07, 6.45) is -0.00572. The molecule has 0 bridgehead atoms. The lowest BCUT2D eigenvalue weighted by molar-refractivity contribution is -0.137. The summed E-state index contributed by atoms with van der Waals surface area (Å²) in [6, 6.07) is 5.32. The van der Waals surface area contributed by atoms with E-state index in [9.17, 15) is 4.79 Å². The average Bonchev–Trinajstić information content (AvgIpc) is 2.12. The molecule has 0 amide bonds. The van der Waals surface area contributed by atoms with Gasteiger partial charge in [0.25, 0.3) is 0 Å². The van der Waals surface area contributed by atoms with Gasteiger partial charge in [0.1, 0.15) is 5.75 Å². The van der Waals surface area contributed by atoms with Gasteiger partial charge in [-0.2, -0.15) is 0 Å². The fraction of sp³-hybridized carbons (Fsp3) is 0.300. The second-order valence-corrected chi connectivity index (χ2v) is 2.96. The molecule has 0 spiro atoms. The SMILES string of the molecule is Cc1c(N)cccc1OCCC(=O)O. The number of nitrogens with two attached hydrogens (primary N) is 1. The van der Waals surface area contributed by atoms with E-state index in [2.05, 4.69) is 0 Å². The Balaban J connectivity index is 2.59. The van der Waals surface area contributed by atoms with Gasteiger partial charge in [-0.1, -0.05) is 6.07 Å². The first-order chi connectivity index (χ1) is 6.61. The maximum absolute atomic E-state index is 10.2. The number of ether oxygens (including phenoxy) is 1. The van der Waals surface area contributed by atoms with Crippen molar-refractivity contribution in [1.82, 2.24) is 0 Å². The van der Waals surface area contributed by atoms with E-state index >= 15 is 0 Å². The zero-order valence-corrected chi connectivity index (χ0v) is 7.99. The van der Waals surface area contributed by atoms with E-state index in [0.29, 0.717) is 11.4 Å². The fourth-order valence-corrected chi connectivity index (χ4v) is 1.04. The van der Waals surface area contributed by atoms with Crippen LogP contribution in [-0.2, 0) is 4.79 Å². The predicted octanol–water partition coefficient (Wildman–Crippen LogP) is 1.43. The first-order valence-electron chi connectivity index (χ1n) is 4.31. The molecule has 1 aromatic rings. The summed E-state index contributed by atoms with van der Waals surface area (Å²) >= 11 is 0.